The lowest BCUT2D eigenvalue weighted by atomic mass is 10.1. The van der Waals surface area contributed by atoms with E-state index in [1.165, 1.54) is 6.07 Å². The zero-order chi connectivity index (χ0) is 20.4. The highest BCUT2D eigenvalue weighted by atomic mass is 35.5. The van der Waals surface area contributed by atoms with Crippen LogP contribution in [0.15, 0.2) is 60.7 Å². The van der Waals surface area contributed by atoms with Gasteiger partial charge in [-0.15, -0.1) is 0 Å². The third-order valence-corrected chi connectivity index (χ3v) is 5.44. The van der Waals surface area contributed by atoms with Gasteiger partial charge in [0.2, 0.25) is 5.91 Å². The van der Waals surface area contributed by atoms with E-state index in [2.05, 4.69) is 0 Å². The van der Waals surface area contributed by atoms with E-state index in [4.69, 9.17) is 11.6 Å². The Bertz CT molecular complexity index is 1070. The maximum Gasteiger partial charge on any atom is 0.277 e. The SMILES string of the molecule is O=C(Cc1ccc(Cl)cc1)N1CCCCN1c1ccc([N+](=O)[O-])c2ccccc12. The van der Waals surface area contributed by atoms with Crippen LogP contribution in [0.3, 0.4) is 0 Å². The molecule has 0 bridgehead atoms. The Morgan fingerprint density at radius 3 is 2.38 bits per heavy atom. The molecule has 1 saturated heterocycles. The van der Waals surface area contributed by atoms with Crippen molar-refractivity contribution >= 4 is 39.7 Å². The fourth-order valence-corrected chi connectivity index (χ4v) is 3.92. The molecule has 0 spiro atoms. The van der Waals surface area contributed by atoms with E-state index in [1.807, 2.05) is 29.3 Å². The molecule has 148 valence electrons. The van der Waals surface area contributed by atoms with Crippen LogP contribution >= 0.6 is 11.6 Å². The minimum Gasteiger partial charge on any atom is -0.282 e. The molecule has 3 aromatic carbocycles. The largest absolute Gasteiger partial charge is 0.282 e. The number of halogens is 1. The molecule has 0 aromatic heterocycles. The second-order valence-electron chi connectivity index (χ2n) is 7.06. The fraction of sp³-hybridized carbons (Fsp3) is 0.227. The first-order chi connectivity index (χ1) is 14.0. The van der Waals surface area contributed by atoms with E-state index in [0.717, 1.165) is 29.5 Å². The van der Waals surface area contributed by atoms with Gasteiger partial charge in [-0.1, -0.05) is 41.9 Å². The number of hydrazine groups is 1. The van der Waals surface area contributed by atoms with Crippen molar-refractivity contribution in [1.29, 1.82) is 0 Å². The summed E-state index contributed by atoms with van der Waals surface area (Å²) in [6.45, 7) is 1.31. The number of anilines is 1. The number of amides is 1. The van der Waals surface area contributed by atoms with Crippen molar-refractivity contribution in [3.8, 4) is 0 Å². The zero-order valence-corrected chi connectivity index (χ0v) is 16.5. The smallest absolute Gasteiger partial charge is 0.277 e. The Morgan fingerprint density at radius 1 is 0.966 bits per heavy atom. The highest BCUT2D eigenvalue weighted by molar-refractivity contribution is 6.30. The summed E-state index contributed by atoms with van der Waals surface area (Å²) in [5.41, 5.74) is 1.79. The van der Waals surface area contributed by atoms with Gasteiger partial charge in [-0.2, -0.15) is 0 Å². The molecule has 1 heterocycles. The van der Waals surface area contributed by atoms with E-state index in [-0.39, 0.29) is 22.9 Å². The van der Waals surface area contributed by atoms with Gasteiger partial charge in [-0.25, -0.2) is 0 Å². The van der Waals surface area contributed by atoms with E-state index in [0.29, 0.717) is 23.5 Å². The van der Waals surface area contributed by atoms with Crippen LogP contribution in [0.5, 0.6) is 0 Å². The van der Waals surface area contributed by atoms with Gasteiger partial charge in [-0.3, -0.25) is 24.9 Å². The number of benzene rings is 3. The summed E-state index contributed by atoms with van der Waals surface area (Å²) in [7, 11) is 0. The summed E-state index contributed by atoms with van der Waals surface area (Å²) in [5.74, 6) is -0.00513. The molecule has 0 saturated carbocycles. The summed E-state index contributed by atoms with van der Waals surface area (Å²) < 4.78 is 0. The number of nitro groups is 1. The van der Waals surface area contributed by atoms with Gasteiger partial charge in [0, 0.05) is 29.6 Å². The molecular formula is C22H20ClN3O3. The van der Waals surface area contributed by atoms with Crippen molar-refractivity contribution in [3.63, 3.8) is 0 Å². The number of hydrogen-bond acceptors (Lipinski definition) is 4. The molecule has 1 aliphatic rings. The Labute approximate surface area is 173 Å². The van der Waals surface area contributed by atoms with Crippen molar-refractivity contribution in [2.24, 2.45) is 0 Å². The number of nitrogens with zero attached hydrogens (tertiary/aromatic N) is 3. The summed E-state index contributed by atoms with van der Waals surface area (Å²) in [6, 6.07) is 17.8. The van der Waals surface area contributed by atoms with Crippen LogP contribution in [-0.2, 0) is 11.2 Å². The van der Waals surface area contributed by atoms with Gasteiger partial charge in [0.15, 0.2) is 0 Å². The summed E-state index contributed by atoms with van der Waals surface area (Å²) in [6.07, 6.45) is 2.16. The van der Waals surface area contributed by atoms with Crippen molar-refractivity contribution in [2.75, 3.05) is 18.1 Å². The molecule has 0 aliphatic carbocycles. The standard InChI is InChI=1S/C22H20ClN3O3/c23-17-9-7-16(8-10-17)15-22(27)25-14-4-3-13-24(25)20-11-12-21(26(28)29)19-6-2-1-5-18(19)20/h1-2,5-12H,3-4,13-15H2. The second-order valence-corrected chi connectivity index (χ2v) is 7.49. The van der Waals surface area contributed by atoms with Crippen molar-refractivity contribution in [2.45, 2.75) is 19.3 Å². The van der Waals surface area contributed by atoms with Crippen LogP contribution in [0.1, 0.15) is 18.4 Å². The Balaban J connectivity index is 1.69. The monoisotopic (exact) mass is 409 g/mol. The number of carbonyl (C=O) groups excluding carboxylic acids is 1. The maximum atomic E-state index is 13.1. The highest BCUT2D eigenvalue weighted by Gasteiger charge is 2.27. The predicted octanol–water partition coefficient (Wildman–Crippen LogP) is 4.99. The third kappa shape index (κ3) is 3.89. The molecule has 4 rings (SSSR count). The van der Waals surface area contributed by atoms with Gasteiger partial charge in [0.25, 0.3) is 5.69 Å². The van der Waals surface area contributed by atoms with Crippen LogP contribution < -0.4 is 5.01 Å². The quantitative estimate of drug-likeness (QED) is 0.449. The molecule has 0 atom stereocenters. The second kappa shape index (κ2) is 8.09. The predicted molar refractivity (Wildman–Crippen MR) is 114 cm³/mol. The number of nitro benzene ring substituents is 1. The van der Waals surface area contributed by atoms with Crippen molar-refractivity contribution in [3.05, 3.63) is 81.4 Å². The van der Waals surface area contributed by atoms with Gasteiger partial charge in [0.05, 0.1) is 22.4 Å². The topological polar surface area (TPSA) is 66.7 Å². The number of carbonyl (C=O) groups is 1. The fourth-order valence-electron chi connectivity index (χ4n) is 3.79. The van der Waals surface area contributed by atoms with Crippen molar-refractivity contribution in [1.82, 2.24) is 5.01 Å². The molecule has 1 aliphatic heterocycles. The first-order valence-electron chi connectivity index (χ1n) is 9.53. The molecule has 0 unspecified atom stereocenters. The number of fused-ring (bicyclic) bond motifs is 1. The molecule has 29 heavy (non-hydrogen) atoms. The first kappa shape index (κ1) is 19.2. The normalized spacial score (nSPS) is 14.2. The minimum atomic E-state index is -0.369. The van der Waals surface area contributed by atoms with E-state index < -0.39 is 0 Å². The Kier molecular flexibility index (Phi) is 5.36. The Hall–Kier alpha value is -3.12. The van der Waals surface area contributed by atoms with Crippen LogP contribution in [0.2, 0.25) is 5.02 Å². The number of non-ortho nitro benzene ring substituents is 1. The Morgan fingerprint density at radius 2 is 1.66 bits per heavy atom. The minimum absolute atomic E-state index is 0.00513. The molecule has 7 heteroatoms. The third-order valence-electron chi connectivity index (χ3n) is 5.19. The van der Waals surface area contributed by atoms with Gasteiger partial charge in [-0.05, 0) is 42.7 Å². The molecular weight excluding hydrogens is 390 g/mol. The van der Waals surface area contributed by atoms with Crippen LogP contribution in [0.4, 0.5) is 11.4 Å². The summed E-state index contributed by atoms with van der Waals surface area (Å²) in [5, 5.41) is 17.1. The first-order valence-corrected chi connectivity index (χ1v) is 9.91. The number of rotatable bonds is 4. The van der Waals surface area contributed by atoms with E-state index in [1.54, 1.807) is 35.3 Å². The molecule has 6 nitrogen and oxygen atoms in total. The lowest BCUT2D eigenvalue weighted by molar-refractivity contribution is -0.383. The van der Waals surface area contributed by atoms with Crippen LogP contribution in [0, 0.1) is 10.1 Å². The molecule has 1 amide bonds. The lowest BCUT2D eigenvalue weighted by Gasteiger charge is -2.40. The molecule has 0 radical (unpaired) electrons. The van der Waals surface area contributed by atoms with Crippen LogP contribution in [0.25, 0.3) is 10.8 Å². The van der Waals surface area contributed by atoms with E-state index >= 15 is 0 Å². The highest BCUT2D eigenvalue weighted by Crippen LogP contribution is 2.35. The zero-order valence-electron chi connectivity index (χ0n) is 15.8. The van der Waals surface area contributed by atoms with Gasteiger partial charge in [0.1, 0.15) is 0 Å². The average Bonchev–Trinajstić information content (AvgIpc) is 2.74. The summed E-state index contributed by atoms with van der Waals surface area (Å²) in [4.78, 5) is 24.1. The van der Waals surface area contributed by atoms with Gasteiger partial charge >= 0.3 is 0 Å². The van der Waals surface area contributed by atoms with E-state index in [9.17, 15) is 14.9 Å². The average molecular weight is 410 g/mol. The maximum absolute atomic E-state index is 13.1. The van der Waals surface area contributed by atoms with Gasteiger partial charge < -0.3 is 0 Å². The molecule has 1 fully saturated rings. The molecule has 0 N–H and O–H groups in total. The van der Waals surface area contributed by atoms with Crippen molar-refractivity contribution < 1.29 is 9.72 Å². The molecule has 3 aromatic rings. The lowest BCUT2D eigenvalue weighted by Crippen LogP contribution is -2.51. The van der Waals surface area contributed by atoms with Crippen LogP contribution in [-0.4, -0.2) is 28.9 Å². The summed E-state index contributed by atoms with van der Waals surface area (Å²) >= 11 is 5.94. The number of hydrogen-bond donors (Lipinski definition) is 0.